The maximum atomic E-state index is 13.2. The maximum absolute atomic E-state index is 13.2. The van der Waals surface area contributed by atoms with E-state index in [0.29, 0.717) is 30.6 Å². The summed E-state index contributed by atoms with van der Waals surface area (Å²) >= 11 is 0. The summed E-state index contributed by atoms with van der Waals surface area (Å²) in [5, 5.41) is 11.1. The van der Waals surface area contributed by atoms with E-state index in [1.807, 2.05) is 30.3 Å². The quantitative estimate of drug-likeness (QED) is 0.486. The van der Waals surface area contributed by atoms with E-state index in [9.17, 15) is 19.2 Å². The van der Waals surface area contributed by atoms with E-state index in [0.717, 1.165) is 23.3 Å². The summed E-state index contributed by atoms with van der Waals surface area (Å²) in [6.45, 7) is 0.491. The van der Waals surface area contributed by atoms with Crippen molar-refractivity contribution >= 4 is 29.6 Å². The lowest BCUT2D eigenvalue weighted by Gasteiger charge is -2.29. The van der Waals surface area contributed by atoms with Crippen LogP contribution in [0, 0.1) is 0 Å². The van der Waals surface area contributed by atoms with Crippen molar-refractivity contribution in [3.8, 4) is 0 Å². The Balaban J connectivity index is 1.39. The molecule has 1 saturated heterocycles. The third kappa shape index (κ3) is 5.31. The van der Waals surface area contributed by atoms with Crippen molar-refractivity contribution in [1.29, 1.82) is 0 Å². The van der Waals surface area contributed by atoms with Gasteiger partial charge in [0, 0.05) is 12.2 Å². The fourth-order valence-corrected chi connectivity index (χ4v) is 4.22. The number of imide groups is 1. The first kappa shape index (κ1) is 22.3. The summed E-state index contributed by atoms with van der Waals surface area (Å²) in [7, 11) is 0. The number of nitrogens with zero attached hydrogens (tertiary/aromatic N) is 1. The number of carbonyl (C=O) groups excluding carboxylic acids is 4. The molecule has 6 amide bonds. The number of hydrogen-bond acceptors (Lipinski definition) is 4. The number of benzene rings is 2. The van der Waals surface area contributed by atoms with Gasteiger partial charge in [-0.1, -0.05) is 55.3 Å². The molecule has 4 rings (SSSR count). The molecule has 172 valence electrons. The van der Waals surface area contributed by atoms with Gasteiger partial charge in [-0.25, -0.2) is 9.59 Å². The molecule has 2 aliphatic rings. The zero-order valence-electron chi connectivity index (χ0n) is 18.2. The summed E-state index contributed by atoms with van der Waals surface area (Å²) in [6, 6.07) is 15.8. The highest BCUT2D eigenvalue weighted by molar-refractivity contribution is 6.02. The molecule has 2 aromatic rings. The van der Waals surface area contributed by atoms with Crippen molar-refractivity contribution in [2.75, 3.05) is 11.9 Å². The molecule has 9 heteroatoms. The molecule has 33 heavy (non-hydrogen) atoms. The van der Waals surface area contributed by atoms with Gasteiger partial charge in [0.25, 0.3) is 0 Å². The Kier molecular flexibility index (Phi) is 6.58. The van der Waals surface area contributed by atoms with E-state index >= 15 is 0 Å². The predicted molar refractivity (Wildman–Crippen MR) is 122 cm³/mol. The monoisotopic (exact) mass is 449 g/mol. The Labute approximate surface area is 191 Å². The van der Waals surface area contributed by atoms with Crippen LogP contribution in [-0.2, 0) is 22.7 Å². The van der Waals surface area contributed by atoms with Gasteiger partial charge in [-0.15, -0.1) is 0 Å². The molecule has 0 bridgehead atoms. The van der Waals surface area contributed by atoms with Gasteiger partial charge in [0.1, 0.15) is 5.54 Å². The molecule has 1 heterocycles. The second-order valence-electron chi connectivity index (χ2n) is 8.38. The van der Waals surface area contributed by atoms with E-state index in [-0.39, 0.29) is 30.9 Å². The molecule has 2 fully saturated rings. The highest BCUT2D eigenvalue weighted by atomic mass is 16.2. The number of nitrogens with one attached hydrogen (secondary N) is 4. The van der Waals surface area contributed by atoms with Gasteiger partial charge in [-0.2, -0.15) is 0 Å². The van der Waals surface area contributed by atoms with Gasteiger partial charge in [0.05, 0.1) is 13.1 Å². The van der Waals surface area contributed by atoms with Crippen LogP contribution >= 0.6 is 0 Å². The molecule has 0 unspecified atom stereocenters. The fourth-order valence-electron chi connectivity index (χ4n) is 4.22. The Morgan fingerprint density at radius 1 is 0.970 bits per heavy atom. The molecule has 0 spiro atoms. The smallest absolute Gasteiger partial charge is 0.324 e. The molecule has 4 N–H and O–H groups in total. The summed E-state index contributed by atoms with van der Waals surface area (Å²) < 4.78 is 0. The van der Waals surface area contributed by atoms with Crippen LogP contribution in [0.15, 0.2) is 54.6 Å². The molecular weight excluding hydrogens is 422 g/mol. The van der Waals surface area contributed by atoms with Gasteiger partial charge in [0.2, 0.25) is 11.8 Å². The number of anilines is 1. The maximum Gasteiger partial charge on any atom is 0.324 e. The minimum atomic E-state index is -0.985. The molecule has 2 aromatic carbocycles. The first-order chi connectivity index (χ1) is 15.9. The van der Waals surface area contributed by atoms with Crippen LogP contribution in [0.25, 0.3) is 0 Å². The van der Waals surface area contributed by atoms with E-state index in [2.05, 4.69) is 21.3 Å². The number of hydrogen-bond donors (Lipinski definition) is 4. The minimum absolute atomic E-state index is 0.00418. The highest BCUT2D eigenvalue weighted by Gasteiger charge is 2.42. The first-order valence-electron chi connectivity index (χ1n) is 11.0. The lowest BCUT2D eigenvalue weighted by Crippen LogP contribution is -2.57. The van der Waals surface area contributed by atoms with Crippen LogP contribution in [-0.4, -0.2) is 40.9 Å². The zero-order valence-corrected chi connectivity index (χ0v) is 18.2. The molecule has 1 aliphatic heterocycles. The van der Waals surface area contributed by atoms with Crippen LogP contribution in [0.2, 0.25) is 0 Å². The van der Waals surface area contributed by atoms with E-state index in [1.54, 1.807) is 24.3 Å². The first-order valence-corrected chi connectivity index (χ1v) is 11.0. The lowest BCUT2D eigenvalue weighted by molar-refractivity contribution is -0.125. The molecule has 1 saturated carbocycles. The summed E-state index contributed by atoms with van der Waals surface area (Å²) in [4.78, 5) is 50.6. The molecule has 9 nitrogen and oxygen atoms in total. The van der Waals surface area contributed by atoms with Crippen LogP contribution < -0.4 is 21.3 Å². The zero-order chi connectivity index (χ0) is 23.3. The Hall–Kier alpha value is -3.88. The SMILES string of the molecule is O=C(NCc1ccccc1)NC1(C(=O)Nc2cccc(CN3C(=O)CNC3=O)c2)CCCC1. The summed E-state index contributed by atoms with van der Waals surface area (Å²) in [5.74, 6) is -0.563. The van der Waals surface area contributed by atoms with Gasteiger partial charge in [-0.05, 0) is 36.1 Å². The minimum Gasteiger partial charge on any atom is -0.334 e. The highest BCUT2D eigenvalue weighted by Crippen LogP contribution is 2.31. The van der Waals surface area contributed by atoms with Crippen molar-refractivity contribution in [3.63, 3.8) is 0 Å². The normalized spacial score (nSPS) is 16.9. The lowest BCUT2D eigenvalue weighted by atomic mass is 9.96. The molecule has 0 atom stereocenters. The summed E-state index contributed by atoms with van der Waals surface area (Å²) in [5.41, 5.74) is 1.25. The van der Waals surface area contributed by atoms with Crippen LogP contribution in [0.5, 0.6) is 0 Å². The van der Waals surface area contributed by atoms with Gasteiger partial charge in [0.15, 0.2) is 0 Å². The predicted octanol–water partition coefficient (Wildman–Crippen LogP) is 2.49. The fraction of sp³-hybridized carbons (Fsp3) is 0.333. The third-order valence-electron chi connectivity index (χ3n) is 6.00. The average Bonchev–Trinajstić information content (AvgIpc) is 3.41. The van der Waals surface area contributed by atoms with Crippen molar-refractivity contribution in [3.05, 3.63) is 65.7 Å². The van der Waals surface area contributed by atoms with Gasteiger partial charge in [-0.3, -0.25) is 14.5 Å². The van der Waals surface area contributed by atoms with E-state index in [1.165, 1.54) is 0 Å². The largest absolute Gasteiger partial charge is 0.334 e. The van der Waals surface area contributed by atoms with E-state index in [4.69, 9.17) is 0 Å². The van der Waals surface area contributed by atoms with Crippen LogP contribution in [0.1, 0.15) is 36.8 Å². The summed E-state index contributed by atoms with van der Waals surface area (Å²) in [6.07, 6.45) is 2.80. The Morgan fingerprint density at radius 2 is 1.70 bits per heavy atom. The second kappa shape index (κ2) is 9.72. The van der Waals surface area contributed by atoms with Crippen LogP contribution in [0.3, 0.4) is 0 Å². The van der Waals surface area contributed by atoms with Gasteiger partial charge >= 0.3 is 12.1 Å². The standard InChI is InChI=1S/C24H27N5O4/c30-20-15-26-23(33)29(20)16-18-9-6-10-19(13-18)27-21(31)24(11-4-5-12-24)28-22(32)25-14-17-7-2-1-3-8-17/h1-3,6-10,13H,4-5,11-12,14-16H2,(H,26,33)(H,27,31)(H2,25,28,32). The van der Waals surface area contributed by atoms with E-state index < -0.39 is 11.6 Å². The molecule has 0 radical (unpaired) electrons. The Morgan fingerprint density at radius 3 is 2.39 bits per heavy atom. The number of amides is 6. The Bertz CT molecular complexity index is 1030. The van der Waals surface area contributed by atoms with Crippen molar-refractivity contribution in [1.82, 2.24) is 20.9 Å². The second-order valence-corrected chi connectivity index (χ2v) is 8.38. The third-order valence-corrected chi connectivity index (χ3v) is 6.00. The average molecular weight is 450 g/mol. The van der Waals surface area contributed by atoms with Crippen molar-refractivity contribution in [2.45, 2.75) is 44.3 Å². The number of rotatable bonds is 7. The molecule has 0 aromatic heterocycles. The van der Waals surface area contributed by atoms with Crippen LogP contribution in [0.4, 0.5) is 15.3 Å². The number of carbonyl (C=O) groups is 4. The molecule has 1 aliphatic carbocycles. The topological polar surface area (TPSA) is 120 Å². The molecular formula is C24H27N5O4. The van der Waals surface area contributed by atoms with Crippen molar-refractivity contribution < 1.29 is 19.2 Å². The number of urea groups is 2. The van der Waals surface area contributed by atoms with Gasteiger partial charge < -0.3 is 21.3 Å². The van der Waals surface area contributed by atoms with Crippen molar-refractivity contribution in [2.24, 2.45) is 0 Å².